The molecule has 3 aromatic rings. The number of aromatic nitrogens is 2. The number of thioether (sulfide) groups is 2. The van der Waals surface area contributed by atoms with Gasteiger partial charge >= 0.3 is 5.69 Å². The highest BCUT2D eigenvalue weighted by molar-refractivity contribution is 8.08. The maximum Gasteiger partial charge on any atom is 0.349 e. The van der Waals surface area contributed by atoms with Crippen LogP contribution in [-0.2, 0) is 6.54 Å². The van der Waals surface area contributed by atoms with E-state index in [4.69, 9.17) is 5.73 Å². The van der Waals surface area contributed by atoms with E-state index in [-0.39, 0.29) is 5.69 Å². The highest BCUT2D eigenvalue weighted by atomic mass is 32.2. The first-order valence-electron chi connectivity index (χ1n) is 9.35. The molecule has 0 aliphatic carbocycles. The largest absolute Gasteiger partial charge is 0.383 e. The number of hydrogen-bond donors (Lipinski definition) is 1. The summed E-state index contributed by atoms with van der Waals surface area (Å²) in [5.74, 6) is 0.295. The smallest absolute Gasteiger partial charge is 0.349 e. The van der Waals surface area contributed by atoms with Crippen molar-refractivity contribution in [3.05, 3.63) is 63.0 Å². The zero-order chi connectivity index (χ0) is 19.3. The SMILES string of the molecule is CCCCn1cc(C2=Cc3ccc4c5c(ccc(c35)S2)C=CS4)c(N)nc1=O. The Morgan fingerprint density at radius 2 is 1.89 bits per heavy atom. The van der Waals surface area contributed by atoms with Crippen molar-refractivity contribution in [2.75, 3.05) is 5.73 Å². The molecule has 1 aromatic heterocycles. The normalized spacial score (nSPS) is 14.4. The molecule has 6 heteroatoms. The first-order valence-corrected chi connectivity index (χ1v) is 11.0. The van der Waals surface area contributed by atoms with Crippen LogP contribution in [0.2, 0.25) is 0 Å². The van der Waals surface area contributed by atoms with E-state index in [2.05, 4.69) is 53.7 Å². The molecule has 0 spiro atoms. The van der Waals surface area contributed by atoms with E-state index < -0.39 is 0 Å². The number of nitrogen functional groups attached to an aromatic ring is 1. The molecule has 0 saturated heterocycles. The third kappa shape index (κ3) is 2.79. The van der Waals surface area contributed by atoms with Crippen LogP contribution < -0.4 is 11.4 Å². The molecule has 5 rings (SSSR count). The lowest BCUT2D eigenvalue weighted by Crippen LogP contribution is -2.24. The fourth-order valence-corrected chi connectivity index (χ4v) is 5.71. The van der Waals surface area contributed by atoms with Crippen molar-refractivity contribution < 1.29 is 0 Å². The van der Waals surface area contributed by atoms with Gasteiger partial charge in [0.1, 0.15) is 5.82 Å². The third-order valence-corrected chi connectivity index (χ3v) is 7.12. The zero-order valence-corrected chi connectivity index (χ0v) is 17.1. The van der Waals surface area contributed by atoms with Crippen LogP contribution in [0.15, 0.2) is 50.5 Å². The Kier molecular flexibility index (Phi) is 4.33. The van der Waals surface area contributed by atoms with E-state index >= 15 is 0 Å². The average Bonchev–Trinajstić information content (AvgIpc) is 2.71. The van der Waals surface area contributed by atoms with Gasteiger partial charge in [0.05, 0.1) is 0 Å². The van der Waals surface area contributed by atoms with Gasteiger partial charge in [0.15, 0.2) is 0 Å². The van der Waals surface area contributed by atoms with E-state index in [1.54, 1.807) is 28.1 Å². The van der Waals surface area contributed by atoms with Crippen molar-refractivity contribution >= 4 is 57.2 Å². The topological polar surface area (TPSA) is 60.9 Å². The maximum atomic E-state index is 12.2. The molecule has 0 radical (unpaired) electrons. The van der Waals surface area contributed by atoms with Gasteiger partial charge in [0.25, 0.3) is 0 Å². The Morgan fingerprint density at radius 1 is 1.11 bits per heavy atom. The maximum absolute atomic E-state index is 12.2. The van der Waals surface area contributed by atoms with Crippen LogP contribution in [0.5, 0.6) is 0 Å². The van der Waals surface area contributed by atoms with Gasteiger partial charge in [-0.1, -0.05) is 49.0 Å². The minimum atomic E-state index is -0.279. The van der Waals surface area contributed by atoms with Gasteiger partial charge in [-0.3, -0.25) is 4.57 Å². The van der Waals surface area contributed by atoms with Crippen LogP contribution in [0.25, 0.3) is 27.8 Å². The molecule has 2 aromatic carbocycles. The second-order valence-electron chi connectivity index (χ2n) is 6.96. The van der Waals surface area contributed by atoms with Crippen molar-refractivity contribution in [3.8, 4) is 0 Å². The number of nitrogens with two attached hydrogens (primary N) is 1. The van der Waals surface area contributed by atoms with Crippen molar-refractivity contribution in [1.82, 2.24) is 9.55 Å². The number of benzene rings is 2. The molecule has 0 atom stereocenters. The van der Waals surface area contributed by atoms with Crippen LogP contribution in [0.1, 0.15) is 36.5 Å². The molecule has 0 unspecified atom stereocenters. The second kappa shape index (κ2) is 6.87. The molecule has 0 bridgehead atoms. The lowest BCUT2D eigenvalue weighted by Gasteiger charge is -2.22. The lowest BCUT2D eigenvalue weighted by molar-refractivity contribution is 0.599. The quantitative estimate of drug-likeness (QED) is 0.625. The molecule has 2 aliphatic rings. The summed E-state index contributed by atoms with van der Waals surface area (Å²) in [6.45, 7) is 2.77. The molecular weight excluding hydrogens is 386 g/mol. The van der Waals surface area contributed by atoms with Gasteiger partial charge in [-0.05, 0) is 47.2 Å². The van der Waals surface area contributed by atoms with Crippen LogP contribution in [0.3, 0.4) is 0 Å². The summed E-state index contributed by atoms with van der Waals surface area (Å²) in [5.41, 5.74) is 9.15. The van der Waals surface area contributed by atoms with Crippen molar-refractivity contribution in [2.24, 2.45) is 0 Å². The van der Waals surface area contributed by atoms with Crippen molar-refractivity contribution in [3.63, 3.8) is 0 Å². The minimum Gasteiger partial charge on any atom is -0.383 e. The molecule has 2 aliphatic heterocycles. The highest BCUT2D eigenvalue weighted by Gasteiger charge is 2.22. The standard InChI is InChI=1S/C22H19N3OS2/c1-2-3-9-25-12-15(21(23)24-22(25)26)18-11-14-5-6-16-19-13(8-10-27-16)4-7-17(28-18)20(14)19/h4-8,10-12H,2-3,9H2,1H3,(H2,23,24,26). The molecule has 0 amide bonds. The number of anilines is 1. The Hall–Kier alpha value is -2.44. The molecule has 0 fully saturated rings. The van der Waals surface area contributed by atoms with Gasteiger partial charge in [-0.15, -0.1) is 0 Å². The fourth-order valence-electron chi connectivity index (χ4n) is 3.71. The predicted molar refractivity (Wildman–Crippen MR) is 120 cm³/mol. The molecular formula is C22H19N3OS2. The summed E-state index contributed by atoms with van der Waals surface area (Å²) in [4.78, 5) is 19.8. The molecule has 28 heavy (non-hydrogen) atoms. The third-order valence-electron chi connectivity index (χ3n) is 5.14. The number of hydrogen-bond acceptors (Lipinski definition) is 5. The Bertz CT molecular complexity index is 1240. The van der Waals surface area contributed by atoms with Crippen LogP contribution in [-0.4, -0.2) is 9.55 Å². The average molecular weight is 406 g/mol. The van der Waals surface area contributed by atoms with E-state index in [1.807, 2.05) is 6.20 Å². The van der Waals surface area contributed by atoms with E-state index in [0.717, 1.165) is 23.3 Å². The predicted octanol–water partition coefficient (Wildman–Crippen LogP) is 5.46. The summed E-state index contributed by atoms with van der Waals surface area (Å²) >= 11 is 3.46. The second-order valence-corrected chi connectivity index (χ2v) is 8.99. The summed E-state index contributed by atoms with van der Waals surface area (Å²) in [5, 5.41) is 4.76. The Morgan fingerprint density at radius 3 is 2.75 bits per heavy atom. The number of nitrogens with zero attached hydrogens (tertiary/aromatic N) is 2. The van der Waals surface area contributed by atoms with Gasteiger partial charge in [-0.25, -0.2) is 4.79 Å². The Labute approximate surface area is 171 Å². The van der Waals surface area contributed by atoms with Gasteiger partial charge in [0, 0.05) is 43.8 Å². The summed E-state index contributed by atoms with van der Waals surface area (Å²) in [6.07, 6.45) is 8.18. The van der Waals surface area contributed by atoms with Gasteiger partial charge < -0.3 is 5.73 Å². The zero-order valence-electron chi connectivity index (χ0n) is 15.4. The first-order chi connectivity index (χ1) is 13.7. The van der Waals surface area contributed by atoms with Crippen LogP contribution in [0, 0.1) is 0 Å². The number of aryl methyl sites for hydroxylation is 1. The number of unbranched alkanes of at least 4 members (excludes halogenated alkanes) is 1. The van der Waals surface area contributed by atoms with Crippen LogP contribution in [0.4, 0.5) is 5.82 Å². The Balaban J connectivity index is 1.67. The van der Waals surface area contributed by atoms with Crippen molar-refractivity contribution in [1.29, 1.82) is 0 Å². The first kappa shape index (κ1) is 17.6. The summed E-state index contributed by atoms with van der Waals surface area (Å²) in [6, 6.07) is 8.72. The molecule has 3 heterocycles. The highest BCUT2D eigenvalue weighted by Crippen LogP contribution is 2.49. The monoisotopic (exact) mass is 405 g/mol. The van der Waals surface area contributed by atoms with E-state index in [1.165, 1.54) is 31.7 Å². The summed E-state index contributed by atoms with van der Waals surface area (Å²) in [7, 11) is 0. The fraction of sp³-hybridized carbons (Fsp3) is 0.182. The molecule has 0 saturated carbocycles. The number of rotatable bonds is 4. The molecule has 4 nitrogen and oxygen atoms in total. The van der Waals surface area contributed by atoms with Gasteiger partial charge in [0.2, 0.25) is 0 Å². The van der Waals surface area contributed by atoms with E-state index in [9.17, 15) is 4.79 Å². The molecule has 140 valence electrons. The minimum absolute atomic E-state index is 0.279. The van der Waals surface area contributed by atoms with E-state index in [0.29, 0.717) is 12.4 Å². The lowest BCUT2D eigenvalue weighted by atomic mass is 9.98. The summed E-state index contributed by atoms with van der Waals surface area (Å²) < 4.78 is 1.67. The van der Waals surface area contributed by atoms with Gasteiger partial charge in [-0.2, -0.15) is 4.98 Å². The van der Waals surface area contributed by atoms with Crippen LogP contribution >= 0.6 is 23.5 Å². The van der Waals surface area contributed by atoms with Crippen molar-refractivity contribution in [2.45, 2.75) is 36.1 Å². The molecule has 2 N–H and O–H groups in total.